The van der Waals surface area contributed by atoms with Crippen molar-refractivity contribution in [2.45, 2.75) is 4.90 Å². The lowest BCUT2D eigenvalue weighted by molar-refractivity contribution is 0.398. The molecule has 0 aliphatic rings. The van der Waals surface area contributed by atoms with E-state index in [1.54, 1.807) is 36.4 Å². The largest absolute Gasteiger partial charge is 0.495 e. The molecule has 142 valence electrons. The molecule has 0 saturated heterocycles. The lowest BCUT2D eigenvalue weighted by Crippen LogP contribution is -2.11. The Morgan fingerprint density at radius 1 is 0.964 bits per heavy atom. The third-order valence-corrected chi connectivity index (χ3v) is 5.52. The van der Waals surface area contributed by atoms with Gasteiger partial charge in [-0.2, -0.15) is 8.42 Å². The zero-order chi connectivity index (χ0) is 19.7. The molecular weight excluding hydrogens is 402 g/mol. The topological polar surface area (TPSA) is 78.6 Å². The quantitative estimate of drug-likeness (QED) is 0.430. The van der Waals surface area contributed by atoms with E-state index in [2.05, 4.69) is 4.98 Å². The molecule has 0 aliphatic heterocycles. The van der Waals surface area contributed by atoms with Gasteiger partial charge >= 0.3 is 10.1 Å². The van der Waals surface area contributed by atoms with E-state index in [9.17, 15) is 8.42 Å². The van der Waals surface area contributed by atoms with Crippen molar-refractivity contribution in [2.24, 2.45) is 0 Å². The highest BCUT2D eigenvalue weighted by Gasteiger charge is 2.24. The van der Waals surface area contributed by atoms with Crippen molar-refractivity contribution in [2.75, 3.05) is 7.11 Å². The standard InChI is InChI=1S/C20H14ClNO5S/c1-25-17-8-4-5-9-19(17)28(23,24)27-18-12-13(21)10-11-14(18)20-22-15-6-2-3-7-16(15)26-20/h2-12H,1H3. The zero-order valence-corrected chi connectivity index (χ0v) is 16.2. The van der Waals surface area contributed by atoms with E-state index in [0.717, 1.165) is 0 Å². The number of para-hydroxylation sites is 3. The predicted octanol–water partition coefficient (Wildman–Crippen LogP) is 4.92. The average Bonchev–Trinajstić information content (AvgIpc) is 3.11. The molecule has 0 unspecified atom stereocenters. The molecule has 0 radical (unpaired) electrons. The van der Waals surface area contributed by atoms with Gasteiger partial charge in [-0.3, -0.25) is 0 Å². The Morgan fingerprint density at radius 2 is 1.71 bits per heavy atom. The second-order valence-electron chi connectivity index (χ2n) is 5.82. The van der Waals surface area contributed by atoms with Gasteiger partial charge in [-0.1, -0.05) is 35.9 Å². The van der Waals surface area contributed by atoms with E-state index in [1.807, 2.05) is 12.1 Å². The van der Waals surface area contributed by atoms with Gasteiger partial charge in [-0.05, 0) is 36.4 Å². The van der Waals surface area contributed by atoms with E-state index in [0.29, 0.717) is 21.7 Å². The van der Waals surface area contributed by atoms with E-state index < -0.39 is 10.1 Å². The van der Waals surface area contributed by atoms with Gasteiger partial charge < -0.3 is 13.3 Å². The van der Waals surface area contributed by atoms with Gasteiger partial charge in [-0.15, -0.1) is 0 Å². The molecule has 28 heavy (non-hydrogen) atoms. The fourth-order valence-electron chi connectivity index (χ4n) is 2.72. The minimum absolute atomic E-state index is 0.00459. The van der Waals surface area contributed by atoms with Crippen LogP contribution in [0.25, 0.3) is 22.6 Å². The Morgan fingerprint density at radius 3 is 2.50 bits per heavy atom. The molecule has 8 heteroatoms. The molecule has 0 atom stereocenters. The number of methoxy groups -OCH3 is 1. The molecule has 1 heterocycles. The average molecular weight is 416 g/mol. The Balaban J connectivity index is 1.81. The molecule has 1 aromatic heterocycles. The van der Waals surface area contributed by atoms with Crippen molar-refractivity contribution < 1.29 is 21.8 Å². The lowest BCUT2D eigenvalue weighted by Gasteiger charge is -2.12. The first-order chi connectivity index (χ1) is 13.5. The predicted molar refractivity (Wildman–Crippen MR) is 105 cm³/mol. The molecule has 0 saturated carbocycles. The number of rotatable bonds is 5. The Hall–Kier alpha value is -3.03. The maximum absolute atomic E-state index is 12.9. The molecule has 4 aromatic rings. The van der Waals surface area contributed by atoms with Crippen LogP contribution < -0.4 is 8.92 Å². The second kappa shape index (κ2) is 7.18. The Labute approximate surface area is 166 Å². The van der Waals surface area contributed by atoms with Gasteiger partial charge in [0.05, 0.1) is 12.7 Å². The van der Waals surface area contributed by atoms with Crippen molar-refractivity contribution in [3.63, 3.8) is 0 Å². The van der Waals surface area contributed by atoms with Gasteiger partial charge in [0, 0.05) is 11.1 Å². The van der Waals surface area contributed by atoms with Crippen LogP contribution in [0, 0.1) is 0 Å². The summed E-state index contributed by atoms with van der Waals surface area (Å²) >= 11 is 6.07. The number of oxazole rings is 1. The summed E-state index contributed by atoms with van der Waals surface area (Å²) in [6.45, 7) is 0. The molecule has 0 bridgehead atoms. The number of fused-ring (bicyclic) bond motifs is 1. The van der Waals surface area contributed by atoms with Crippen molar-refractivity contribution in [3.8, 4) is 23.0 Å². The first-order valence-electron chi connectivity index (χ1n) is 8.21. The van der Waals surface area contributed by atoms with Crippen LogP contribution in [0.1, 0.15) is 0 Å². The maximum Gasteiger partial charge on any atom is 0.342 e. The summed E-state index contributed by atoms with van der Waals surface area (Å²) in [4.78, 5) is 4.30. The van der Waals surface area contributed by atoms with Crippen LogP contribution in [-0.4, -0.2) is 20.5 Å². The molecule has 3 aromatic carbocycles. The molecule has 6 nitrogen and oxygen atoms in total. The van der Waals surface area contributed by atoms with Gasteiger partial charge in [0.25, 0.3) is 0 Å². The van der Waals surface area contributed by atoms with Crippen molar-refractivity contribution in [3.05, 3.63) is 71.8 Å². The summed E-state index contributed by atoms with van der Waals surface area (Å²) in [5, 5.41) is 0.310. The summed E-state index contributed by atoms with van der Waals surface area (Å²) in [6.07, 6.45) is 0. The summed E-state index contributed by atoms with van der Waals surface area (Å²) in [5.41, 5.74) is 1.58. The molecule has 0 amide bonds. The number of aromatic nitrogens is 1. The highest BCUT2D eigenvalue weighted by molar-refractivity contribution is 7.87. The second-order valence-corrected chi connectivity index (χ2v) is 7.77. The smallest absolute Gasteiger partial charge is 0.342 e. The number of hydrogen-bond acceptors (Lipinski definition) is 6. The monoisotopic (exact) mass is 415 g/mol. The van der Waals surface area contributed by atoms with Crippen LogP contribution in [0.5, 0.6) is 11.5 Å². The van der Waals surface area contributed by atoms with E-state index in [1.165, 1.54) is 25.3 Å². The molecular formula is C20H14ClNO5S. The van der Waals surface area contributed by atoms with E-state index >= 15 is 0 Å². The summed E-state index contributed by atoms with van der Waals surface area (Å²) in [6, 6.07) is 18.0. The lowest BCUT2D eigenvalue weighted by atomic mass is 10.2. The third-order valence-electron chi connectivity index (χ3n) is 4.01. The van der Waals surface area contributed by atoms with Gasteiger partial charge in [-0.25, -0.2) is 4.98 Å². The first kappa shape index (κ1) is 18.3. The van der Waals surface area contributed by atoms with Gasteiger partial charge in [0.15, 0.2) is 11.3 Å². The molecule has 0 aliphatic carbocycles. The van der Waals surface area contributed by atoms with E-state index in [4.69, 9.17) is 24.9 Å². The Kier molecular flexibility index (Phi) is 4.70. The summed E-state index contributed by atoms with van der Waals surface area (Å²) in [7, 11) is -2.80. The molecule has 0 spiro atoms. The molecule has 4 rings (SSSR count). The maximum atomic E-state index is 12.9. The number of hydrogen-bond donors (Lipinski definition) is 0. The summed E-state index contributed by atoms with van der Waals surface area (Å²) < 4.78 is 42.0. The van der Waals surface area contributed by atoms with Crippen LogP contribution in [-0.2, 0) is 10.1 Å². The van der Waals surface area contributed by atoms with E-state index in [-0.39, 0.29) is 22.3 Å². The summed E-state index contributed by atoms with van der Waals surface area (Å²) in [5.74, 6) is 0.404. The van der Waals surface area contributed by atoms with Crippen LogP contribution in [0.3, 0.4) is 0 Å². The van der Waals surface area contributed by atoms with Crippen LogP contribution >= 0.6 is 11.6 Å². The molecule has 0 fully saturated rings. The third kappa shape index (κ3) is 3.42. The van der Waals surface area contributed by atoms with Crippen LogP contribution in [0.15, 0.2) is 76.0 Å². The minimum atomic E-state index is -4.19. The fraction of sp³-hybridized carbons (Fsp3) is 0.0500. The van der Waals surface area contributed by atoms with Crippen LogP contribution in [0.2, 0.25) is 5.02 Å². The number of halogens is 1. The van der Waals surface area contributed by atoms with Crippen molar-refractivity contribution >= 4 is 32.8 Å². The van der Waals surface area contributed by atoms with Gasteiger partial charge in [0.1, 0.15) is 16.2 Å². The Bertz CT molecular complexity index is 1230. The van der Waals surface area contributed by atoms with Crippen LogP contribution in [0.4, 0.5) is 0 Å². The SMILES string of the molecule is COc1ccccc1S(=O)(=O)Oc1cc(Cl)ccc1-c1nc2ccccc2o1. The number of nitrogens with zero attached hydrogens (tertiary/aromatic N) is 1. The normalized spacial score (nSPS) is 11.5. The first-order valence-corrected chi connectivity index (χ1v) is 9.99. The van der Waals surface area contributed by atoms with Crippen molar-refractivity contribution in [1.29, 1.82) is 0 Å². The van der Waals surface area contributed by atoms with Gasteiger partial charge in [0.2, 0.25) is 5.89 Å². The minimum Gasteiger partial charge on any atom is -0.495 e. The highest BCUT2D eigenvalue weighted by atomic mass is 35.5. The number of ether oxygens (including phenoxy) is 1. The zero-order valence-electron chi connectivity index (χ0n) is 14.6. The fourth-order valence-corrected chi connectivity index (χ4v) is 3.99. The van der Waals surface area contributed by atoms with Crippen molar-refractivity contribution in [1.82, 2.24) is 4.98 Å². The number of benzene rings is 3. The molecule has 0 N–H and O–H groups in total. The highest BCUT2D eigenvalue weighted by Crippen LogP contribution is 2.36.